The first-order chi connectivity index (χ1) is 8.91. The smallest absolute Gasteiger partial charge is 0.309 e. The molecule has 4 nitrogen and oxygen atoms in total. The minimum atomic E-state index is -0.586. The maximum absolute atomic E-state index is 11.8. The maximum atomic E-state index is 11.8. The van der Waals surface area contributed by atoms with Crippen LogP contribution >= 0.6 is 0 Å². The molecule has 0 unspecified atom stereocenters. The van der Waals surface area contributed by atoms with Crippen molar-refractivity contribution in [3.05, 3.63) is 12.2 Å². The zero-order valence-electron chi connectivity index (χ0n) is 11.5. The normalized spacial score (nSPS) is 53.5. The van der Waals surface area contributed by atoms with Gasteiger partial charge in [-0.15, -0.1) is 0 Å². The van der Waals surface area contributed by atoms with E-state index in [2.05, 4.69) is 6.58 Å². The molecule has 0 bridgehead atoms. The van der Waals surface area contributed by atoms with Gasteiger partial charge in [0, 0.05) is 11.8 Å². The predicted molar refractivity (Wildman–Crippen MR) is 69.1 cm³/mol. The molecule has 2 N–H and O–H groups in total. The lowest BCUT2D eigenvalue weighted by Crippen LogP contribution is -2.33. The van der Waals surface area contributed by atoms with Gasteiger partial charge in [-0.2, -0.15) is 0 Å². The molecule has 106 valence electrons. The van der Waals surface area contributed by atoms with Crippen molar-refractivity contribution in [1.82, 2.24) is 0 Å². The van der Waals surface area contributed by atoms with Crippen molar-refractivity contribution in [2.45, 2.75) is 45.0 Å². The molecule has 0 amide bonds. The summed E-state index contributed by atoms with van der Waals surface area (Å²) in [5.41, 5.74) is 0.811. The summed E-state index contributed by atoms with van der Waals surface area (Å²) >= 11 is 0. The highest BCUT2D eigenvalue weighted by Crippen LogP contribution is 2.52. The Labute approximate surface area is 113 Å². The van der Waals surface area contributed by atoms with Crippen molar-refractivity contribution in [1.29, 1.82) is 0 Å². The van der Waals surface area contributed by atoms with Gasteiger partial charge in [0.2, 0.25) is 0 Å². The van der Waals surface area contributed by atoms with Crippen molar-refractivity contribution in [3.8, 4) is 0 Å². The van der Waals surface area contributed by atoms with E-state index < -0.39 is 12.2 Å². The van der Waals surface area contributed by atoms with Crippen LogP contribution in [-0.4, -0.2) is 34.5 Å². The summed E-state index contributed by atoms with van der Waals surface area (Å²) in [5.74, 6) is -0.0514. The van der Waals surface area contributed by atoms with E-state index in [0.29, 0.717) is 12.8 Å². The summed E-state index contributed by atoms with van der Waals surface area (Å²) in [7, 11) is 0. The molecule has 3 rings (SSSR count). The molecular weight excluding hydrogens is 244 g/mol. The molecule has 19 heavy (non-hydrogen) atoms. The molecule has 1 aliphatic heterocycles. The van der Waals surface area contributed by atoms with E-state index in [0.717, 1.165) is 5.57 Å². The molecule has 3 aliphatic rings. The second-order valence-electron chi connectivity index (χ2n) is 6.53. The molecule has 0 aromatic rings. The van der Waals surface area contributed by atoms with Gasteiger partial charge in [0.15, 0.2) is 0 Å². The summed E-state index contributed by atoms with van der Waals surface area (Å²) in [6.45, 7) is 7.92. The molecule has 2 saturated carbocycles. The molecule has 2 aliphatic carbocycles. The van der Waals surface area contributed by atoms with Gasteiger partial charge in [0.05, 0.1) is 18.1 Å². The summed E-state index contributed by atoms with van der Waals surface area (Å²) in [5, 5.41) is 20.4. The SMILES string of the molecule is C=C1[C@@H](O)C[C@@H]2[C@H](OC(=O)[C@@H]2C)[C@H]2[C@@H](C)[C@@H](O)C[C@@H]12. The highest BCUT2D eigenvalue weighted by molar-refractivity contribution is 5.75. The molecule has 1 heterocycles. The summed E-state index contributed by atoms with van der Waals surface area (Å²) in [4.78, 5) is 11.8. The lowest BCUT2D eigenvalue weighted by molar-refractivity contribution is -0.146. The van der Waals surface area contributed by atoms with Crippen LogP contribution < -0.4 is 0 Å². The fraction of sp³-hybridized carbons (Fsp3) is 0.800. The third kappa shape index (κ3) is 1.77. The molecule has 8 atom stereocenters. The van der Waals surface area contributed by atoms with Gasteiger partial charge in [0.25, 0.3) is 0 Å². The van der Waals surface area contributed by atoms with Gasteiger partial charge < -0.3 is 14.9 Å². The van der Waals surface area contributed by atoms with Crippen LogP contribution in [0.1, 0.15) is 26.7 Å². The van der Waals surface area contributed by atoms with Crippen LogP contribution in [0.15, 0.2) is 12.2 Å². The third-order valence-corrected chi connectivity index (χ3v) is 5.64. The van der Waals surface area contributed by atoms with Gasteiger partial charge in [-0.1, -0.05) is 20.4 Å². The quantitative estimate of drug-likeness (QED) is 0.509. The number of hydrogen-bond acceptors (Lipinski definition) is 4. The van der Waals surface area contributed by atoms with E-state index in [1.165, 1.54) is 0 Å². The first kappa shape index (κ1) is 13.1. The Balaban J connectivity index is 2.00. The van der Waals surface area contributed by atoms with E-state index in [4.69, 9.17) is 4.74 Å². The first-order valence-electron chi connectivity index (χ1n) is 7.17. The van der Waals surface area contributed by atoms with Crippen LogP contribution in [0, 0.1) is 29.6 Å². The van der Waals surface area contributed by atoms with Crippen LogP contribution in [0.4, 0.5) is 0 Å². The summed E-state index contributed by atoms with van der Waals surface area (Å²) in [6.07, 6.45) is 0.0149. The lowest BCUT2D eigenvalue weighted by atomic mass is 9.78. The van der Waals surface area contributed by atoms with Gasteiger partial charge in [0.1, 0.15) is 6.10 Å². The maximum Gasteiger partial charge on any atom is 0.309 e. The highest BCUT2D eigenvalue weighted by atomic mass is 16.6. The van der Waals surface area contributed by atoms with Crippen LogP contribution in [-0.2, 0) is 9.53 Å². The summed E-state index contributed by atoms with van der Waals surface area (Å²) < 4.78 is 5.58. The van der Waals surface area contributed by atoms with E-state index >= 15 is 0 Å². The first-order valence-corrected chi connectivity index (χ1v) is 7.17. The van der Waals surface area contributed by atoms with Crippen molar-refractivity contribution in [2.75, 3.05) is 0 Å². The standard InChI is InChI=1S/C15H22O4/c1-6-9-4-12(17)8(3)13(9)14-10(5-11(6)16)7(2)15(18)19-14/h7-14,16-17H,1,4-5H2,2-3H3/t7-,8+,9+,10+,11+,12+,13+,14+/m1/s1. The Morgan fingerprint density at radius 3 is 2.63 bits per heavy atom. The Morgan fingerprint density at radius 1 is 1.26 bits per heavy atom. The second-order valence-corrected chi connectivity index (χ2v) is 6.53. The Hall–Kier alpha value is -0.870. The van der Waals surface area contributed by atoms with Crippen LogP contribution in [0.25, 0.3) is 0 Å². The molecule has 4 heteroatoms. The van der Waals surface area contributed by atoms with Gasteiger partial charge in [-0.05, 0) is 30.3 Å². The Morgan fingerprint density at radius 2 is 1.95 bits per heavy atom. The zero-order valence-corrected chi connectivity index (χ0v) is 11.5. The van der Waals surface area contributed by atoms with E-state index in [9.17, 15) is 15.0 Å². The number of fused-ring (bicyclic) bond motifs is 3. The molecule has 3 fully saturated rings. The van der Waals surface area contributed by atoms with Crippen molar-refractivity contribution in [2.24, 2.45) is 29.6 Å². The minimum absolute atomic E-state index is 0.0435. The van der Waals surface area contributed by atoms with Gasteiger partial charge >= 0.3 is 5.97 Å². The Kier molecular flexibility index (Phi) is 2.98. The van der Waals surface area contributed by atoms with Crippen molar-refractivity contribution in [3.63, 3.8) is 0 Å². The monoisotopic (exact) mass is 266 g/mol. The molecule has 1 saturated heterocycles. The van der Waals surface area contributed by atoms with E-state index in [-0.39, 0.29) is 41.7 Å². The largest absolute Gasteiger partial charge is 0.461 e. The molecule has 0 aromatic carbocycles. The van der Waals surface area contributed by atoms with E-state index in [1.54, 1.807) is 0 Å². The van der Waals surface area contributed by atoms with Crippen LogP contribution in [0.2, 0.25) is 0 Å². The number of ether oxygens (including phenoxy) is 1. The Bertz CT molecular complexity index is 418. The van der Waals surface area contributed by atoms with Crippen molar-refractivity contribution < 1.29 is 19.7 Å². The number of carbonyl (C=O) groups is 1. The molecular formula is C15H22O4. The van der Waals surface area contributed by atoms with Crippen molar-refractivity contribution >= 4 is 5.97 Å². The fourth-order valence-electron chi connectivity index (χ4n) is 4.33. The second kappa shape index (κ2) is 4.32. The molecule has 0 radical (unpaired) electrons. The van der Waals surface area contributed by atoms with Crippen LogP contribution in [0.5, 0.6) is 0 Å². The van der Waals surface area contributed by atoms with Gasteiger partial charge in [-0.3, -0.25) is 4.79 Å². The van der Waals surface area contributed by atoms with Gasteiger partial charge in [-0.25, -0.2) is 0 Å². The minimum Gasteiger partial charge on any atom is -0.461 e. The number of aliphatic hydroxyl groups excluding tert-OH is 2. The average Bonchev–Trinajstić information content (AvgIpc) is 2.77. The number of carbonyl (C=O) groups excluding carboxylic acids is 1. The zero-order chi connectivity index (χ0) is 13.9. The number of hydrogen-bond donors (Lipinski definition) is 2. The summed E-state index contributed by atoms with van der Waals surface area (Å²) in [6, 6.07) is 0. The predicted octanol–water partition coefficient (Wildman–Crippen LogP) is 1.12. The highest BCUT2D eigenvalue weighted by Gasteiger charge is 2.56. The third-order valence-electron chi connectivity index (χ3n) is 5.64. The molecule has 0 aromatic heterocycles. The number of aliphatic hydroxyl groups is 2. The molecule has 0 spiro atoms. The average molecular weight is 266 g/mol. The number of esters is 1. The topological polar surface area (TPSA) is 66.8 Å². The number of rotatable bonds is 0. The lowest BCUT2D eigenvalue weighted by Gasteiger charge is -2.29. The van der Waals surface area contributed by atoms with E-state index in [1.807, 2.05) is 13.8 Å². The fourth-order valence-corrected chi connectivity index (χ4v) is 4.33. The van der Waals surface area contributed by atoms with Crippen LogP contribution in [0.3, 0.4) is 0 Å².